The van der Waals surface area contributed by atoms with E-state index in [4.69, 9.17) is 5.11 Å². The molecule has 1 saturated heterocycles. The lowest BCUT2D eigenvalue weighted by atomic mass is 10.3. The summed E-state index contributed by atoms with van der Waals surface area (Å²) in [6, 6.07) is 0. The molecule has 4 nitrogen and oxygen atoms in total. The lowest BCUT2D eigenvalue weighted by molar-refractivity contribution is -0.137. The van der Waals surface area contributed by atoms with Crippen molar-refractivity contribution in [1.29, 1.82) is 0 Å². The molecule has 0 atom stereocenters. The van der Waals surface area contributed by atoms with Gasteiger partial charge < -0.3 is 14.9 Å². The summed E-state index contributed by atoms with van der Waals surface area (Å²) in [6.07, 6.45) is 3.71. The number of carbonyl (C=O) groups is 1. The minimum absolute atomic E-state index is 0.286. The fraction of sp³-hybridized carbons (Fsp3) is 0.909. The van der Waals surface area contributed by atoms with Crippen molar-refractivity contribution in [2.45, 2.75) is 25.7 Å². The zero-order valence-electron chi connectivity index (χ0n) is 9.61. The van der Waals surface area contributed by atoms with E-state index in [-0.39, 0.29) is 6.42 Å². The van der Waals surface area contributed by atoms with Crippen molar-refractivity contribution in [3.05, 3.63) is 0 Å². The molecule has 0 unspecified atom stereocenters. The van der Waals surface area contributed by atoms with E-state index in [1.54, 1.807) is 0 Å². The van der Waals surface area contributed by atoms with Crippen LogP contribution in [-0.4, -0.2) is 60.6 Å². The average molecular weight is 214 g/mol. The minimum atomic E-state index is -0.692. The number of hydrogen-bond acceptors (Lipinski definition) is 3. The molecule has 1 fully saturated rings. The highest BCUT2D eigenvalue weighted by molar-refractivity contribution is 5.66. The van der Waals surface area contributed by atoms with Crippen LogP contribution in [0.3, 0.4) is 0 Å². The number of likely N-dealkylation sites (tertiary alicyclic amines) is 1. The first-order valence-electron chi connectivity index (χ1n) is 5.81. The third kappa shape index (κ3) is 5.74. The summed E-state index contributed by atoms with van der Waals surface area (Å²) in [5.74, 6) is -0.692. The maximum atomic E-state index is 10.3. The number of nitrogens with zero attached hydrogens (tertiary/aromatic N) is 2. The van der Waals surface area contributed by atoms with Crippen LogP contribution in [0, 0.1) is 0 Å². The molecule has 0 aromatic carbocycles. The zero-order chi connectivity index (χ0) is 11.1. The van der Waals surface area contributed by atoms with E-state index in [0.717, 1.165) is 26.1 Å². The highest BCUT2D eigenvalue weighted by Crippen LogP contribution is 2.06. The van der Waals surface area contributed by atoms with E-state index >= 15 is 0 Å². The Morgan fingerprint density at radius 2 is 2.00 bits per heavy atom. The quantitative estimate of drug-likeness (QED) is 0.683. The molecule has 1 N–H and O–H groups in total. The van der Waals surface area contributed by atoms with E-state index in [1.807, 2.05) is 0 Å². The van der Waals surface area contributed by atoms with Gasteiger partial charge in [-0.05, 0) is 45.9 Å². The summed E-state index contributed by atoms with van der Waals surface area (Å²) in [5.41, 5.74) is 0. The first kappa shape index (κ1) is 12.5. The number of likely N-dealkylation sites (N-methyl/N-ethyl adjacent to an activating group) is 1. The lowest BCUT2D eigenvalue weighted by Gasteiger charge is -2.20. The molecule has 0 radical (unpaired) electrons. The fourth-order valence-corrected chi connectivity index (χ4v) is 1.93. The molecule has 0 aliphatic carbocycles. The van der Waals surface area contributed by atoms with Crippen LogP contribution in [0.15, 0.2) is 0 Å². The first-order valence-corrected chi connectivity index (χ1v) is 5.81. The molecular formula is C11H22N2O2. The molecule has 1 rings (SSSR count). The molecule has 0 amide bonds. The summed E-state index contributed by atoms with van der Waals surface area (Å²) in [6.45, 7) is 5.55. The van der Waals surface area contributed by atoms with E-state index < -0.39 is 5.97 Å². The van der Waals surface area contributed by atoms with Gasteiger partial charge in [0.25, 0.3) is 0 Å². The normalized spacial score (nSPS) is 17.5. The zero-order valence-corrected chi connectivity index (χ0v) is 9.61. The van der Waals surface area contributed by atoms with Gasteiger partial charge in [-0.3, -0.25) is 4.79 Å². The Hall–Kier alpha value is -0.610. The largest absolute Gasteiger partial charge is 0.481 e. The van der Waals surface area contributed by atoms with Crippen LogP contribution in [-0.2, 0) is 4.79 Å². The van der Waals surface area contributed by atoms with Gasteiger partial charge >= 0.3 is 5.97 Å². The molecule has 1 heterocycles. The van der Waals surface area contributed by atoms with Crippen molar-refractivity contribution in [1.82, 2.24) is 9.80 Å². The lowest BCUT2D eigenvalue weighted by Crippen LogP contribution is -2.32. The maximum Gasteiger partial charge on any atom is 0.303 e. The molecular weight excluding hydrogens is 192 g/mol. The van der Waals surface area contributed by atoms with Crippen molar-refractivity contribution in [3.8, 4) is 0 Å². The van der Waals surface area contributed by atoms with Crippen LogP contribution in [0.25, 0.3) is 0 Å². The van der Waals surface area contributed by atoms with E-state index in [9.17, 15) is 4.79 Å². The molecule has 15 heavy (non-hydrogen) atoms. The van der Waals surface area contributed by atoms with Crippen LogP contribution >= 0.6 is 0 Å². The summed E-state index contributed by atoms with van der Waals surface area (Å²) in [7, 11) is 2.07. The average Bonchev–Trinajstić information content (AvgIpc) is 2.66. The summed E-state index contributed by atoms with van der Waals surface area (Å²) in [4.78, 5) is 15.0. The van der Waals surface area contributed by atoms with Gasteiger partial charge in [0.15, 0.2) is 0 Å². The van der Waals surface area contributed by atoms with Crippen molar-refractivity contribution in [2.75, 3.05) is 39.8 Å². The van der Waals surface area contributed by atoms with Gasteiger partial charge in [0.1, 0.15) is 0 Å². The third-order valence-electron chi connectivity index (χ3n) is 2.93. The fourth-order valence-electron chi connectivity index (χ4n) is 1.93. The highest BCUT2D eigenvalue weighted by Gasteiger charge is 2.11. The van der Waals surface area contributed by atoms with Gasteiger partial charge in [-0.2, -0.15) is 0 Å². The minimum Gasteiger partial charge on any atom is -0.481 e. The molecule has 4 heteroatoms. The van der Waals surface area contributed by atoms with Crippen molar-refractivity contribution < 1.29 is 9.90 Å². The standard InChI is InChI=1S/C11H22N2O2/c1-12(6-4-5-11(14)15)9-10-13-7-2-3-8-13/h2-10H2,1H3,(H,14,15). The van der Waals surface area contributed by atoms with Gasteiger partial charge in [-0.1, -0.05) is 0 Å². The number of carboxylic acids is 1. The number of hydrogen-bond donors (Lipinski definition) is 1. The van der Waals surface area contributed by atoms with Crippen LogP contribution in [0.2, 0.25) is 0 Å². The number of rotatable bonds is 7. The number of carboxylic acid groups (broad SMARTS) is 1. The van der Waals surface area contributed by atoms with Crippen LogP contribution in [0.1, 0.15) is 25.7 Å². The Morgan fingerprint density at radius 1 is 1.33 bits per heavy atom. The highest BCUT2D eigenvalue weighted by atomic mass is 16.4. The SMILES string of the molecule is CN(CCCC(=O)O)CCN1CCCC1. The Balaban J connectivity index is 1.97. The third-order valence-corrected chi connectivity index (χ3v) is 2.93. The van der Waals surface area contributed by atoms with Gasteiger partial charge in [-0.15, -0.1) is 0 Å². The van der Waals surface area contributed by atoms with Gasteiger partial charge in [0.2, 0.25) is 0 Å². The molecule has 0 spiro atoms. The van der Waals surface area contributed by atoms with Crippen molar-refractivity contribution in [3.63, 3.8) is 0 Å². The Kier molecular flexibility index (Phi) is 5.65. The van der Waals surface area contributed by atoms with Crippen molar-refractivity contribution >= 4 is 5.97 Å². The molecule has 88 valence electrons. The molecule has 0 saturated carbocycles. The van der Waals surface area contributed by atoms with Gasteiger partial charge in [0.05, 0.1) is 0 Å². The van der Waals surface area contributed by atoms with Gasteiger partial charge in [-0.25, -0.2) is 0 Å². The summed E-state index contributed by atoms with van der Waals surface area (Å²) < 4.78 is 0. The smallest absolute Gasteiger partial charge is 0.303 e. The summed E-state index contributed by atoms with van der Waals surface area (Å²) in [5, 5.41) is 8.50. The first-order chi connectivity index (χ1) is 7.18. The monoisotopic (exact) mass is 214 g/mol. The topological polar surface area (TPSA) is 43.8 Å². The van der Waals surface area contributed by atoms with Crippen molar-refractivity contribution in [2.24, 2.45) is 0 Å². The molecule has 1 aliphatic heterocycles. The Bertz CT molecular complexity index is 191. The molecule has 0 aromatic heterocycles. The maximum absolute atomic E-state index is 10.3. The Morgan fingerprint density at radius 3 is 2.60 bits per heavy atom. The molecule has 0 bridgehead atoms. The van der Waals surface area contributed by atoms with E-state index in [1.165, 1.54) is 25.9 Å². The van der Waals surface area contributed by atoms with E-state index in [2.05, 4.69) is 16.8 Å². The van der Waals surface area contributed by atoms with Crippen LogP contribution in [0.4, 0.5) is 0 Å². The van der Waals surface area contributed by atoms with Crippen LogP contribution < -0.4 is 0 Å². The van der Waals surface area contributed by atoms with E-state index in [0.29, 0.717) is 0 Å². The molecule has 1 aliphatic rings. The molecule has 0 aromatic rings. The second kappa shape index (κ2) is 6.80. The van der Waals surface area contributed by atoms with Gasteiger partial charge in [0, 0.05) is 19.5 Å². The predicted molar refractivity (Wildman–Crippen MR) is 60.0 cm³/mol. The summed E-state index contributed by atoms with van der Waals surface area (Å²) >= 11 is 0. The number of aliphatic carboxylic acids is 1. The second-order valence-electron chi connectivity index (χ2n) is 4.35. The Labute approximate surface area is 91.9 Å². The second-order valence-corrected chi connectivity index (χ2v) is 4.35. The van der Waals surface area contributed by atoms with Crippen LogP contribution in [0.5, 0.6) is 0 Å². The predicted octanol–water partition coefficient (Wildman–Crippen LogP) is 0.879.